The molecule has 21 heavy (non-hydrogen) atoms. The van der Waals surface area contributed by atoms with E-state index in [2.05, 4.69) is 0 Å². The molecule has 2 aromatic rings. The van der Waals surface area contributed by atoms with Crippen molar-refractivity contribution in [3.05, 3.63) is 76.9 Å². The number of rotatable bonds is 3. The highest BCUT2D eigenvalue weighted by Crippen LogP contribution is 2.29. The molecule has 0 unspecified atom stereocenters. The van der Waals surface area contributed by atoms with Gasteiger partial charge in [-0.05, 0) is 30.7 Å². The third-order valence-electron chi connectivity index (χ3n) is 2.89. The topological polar surface area (TPSA) is 0 Å². The van der Waals surface area contributed by atoms with E-state index in [-0.39, 0.29) is 11.1 Å². The molecule has 0 saturated carbocycles. The van der Waals surface area contributed by atoms with Crippen LogP contribution in [0.4, 0.5) is 17.6 Å². The lowest BCUT2D eigenvalue weighted by Gasteiger charge is -2.03. The SMILES string of the molecule is C/C=C/c1ccc(C(F)=C(F)c2ccc(F)c(F)c2)cc1. The highest BCUT2D eigenvalue weighted by molar-refractivity contribution is 5.83. The predicted molar refractivity (Wildman–Crippen MR) is 76.5 cm³/mol. The molecule has 0 nitrogen and oxygen atoms in total. The summed E-state index contributed by atoms with van der Waals surface area (Å²) in [7, 11) is 0. The summed E-state index contributed by atoms with van der Waals surface area (Å²) in [4.78, 5) is 0. The fourth-order valence-electron chi connectivity index (χ4n) is 1.82. The van der Waals surface area contributed by atoms with Crippen molar-refractivity contribution in [1.82, 2.24) is 0 Å². The molecule has 108 valence electrons. The average molecular weight is 292 g/mol. The zero-order chi connectivity index (χ0) is 15.4. The highest BCUT2D eigenvalue weighted by atomic mass is 19.2. The summed E-state index contributed by atoms with van der Waals surface area (Å²) in [6.45, 7) is 1.84. The first-order valence-electron chi connectivity index (χ1n) is 6.26. The molecule has 0 amide bonds. The number of allylic oxidation sites excluding steroid dienone is 1. The van der Waals surface area contributed by atoms with Gasteiger partial charge in [-0.25, -0.2) is 17.6 Å². The molecule has 0 spiro atoms. The molecule has 0 aliphatic carbocycles. The minimum atomic E-state index is -1.23. The maximum Gasteiger partial charge on any atom is 0.166 e. The molecule has 0 N–H and O–H groups in total. The van der Waals surface area contributed by atoms with Crippen molar-refractivity contribution >= 4 is 17.7 Å². The second-order valence-electron chi connectivity index (χ2n) is 4.38. The van der Waals surface area contributed by atoms with Gasteiger partial charge in [0.25, 0.3) is 0 Å². The Balaban J connectivity index is 2.39. The standard InChI is InChI=1S/C17H12F4/c1-2-3-11-4-6-12(7-5-11)16(20)17(21)13-8-9-14(18)15(19)10-13/h2-10H,1H3/b3-2+,17-16?. The summed E-state index contributed by atoms with van der Waals surface area (Å²) >= 11 is 0. The van der Waals surface area contributed by atoms with Gasteiger partial charge in [0, 0.05) is 11.1 Å². The Hall–Kier alpha value is -2.36. The summed E-state index contributed by atoms with van der Waals surface area (Å²) in [6.07, 6.45) is 3.64. The Bertz CT molecular complexity index is 697. The van der Waals surface area contributed by atoms with Crippen molar-refractivity contribution < 1.29 is 17.6 Å². The van der Waals surface area contributed by atoms with E-state index in [1.54, 1.807) is 12.1 Å². The smallest absolute Gasteiger partial charge is 0.166 e. The number of benzene rings is 2. The van der Waals surface area contributed by atoms with Gasteiger partial charge in [-0.2, -0.15) is 0 Å². The van der Waals surface area contributed by atoms with Gasteiger partial charge in [0.2, 0.25) is 0 Å². The van der Waals surface area contributed by atoms with Gasteiger partial charge in [-0.15, -0.1) is 0 Å². The molecule has 0 bridgehead atoms. The maximum atomic E-state index is 14.0. The molecule has 2 aromatic carbocycles. The summed E-state index contributed by atoms with van der Waals surface area (Å²) < 4.78 is 53.8. The summed E-state index contributed by atoms with van der Waals surface area (Å²) in [6, 6.07) is 8.47. The predicted octanol–water partition coefficient (Wildman–Crippen LogP) is 5.76. The first-order chi connectivity index (χ1) is 10.0. The first-order valence-corrected chi connectivity index (χ1v) is 6.26. The minimum Gasteiger partial charge on any atom is -0.204 e. The van der Waals surface area contributed by atoms with Gasteiger partial charge in [0.05, 0.1) is 0 Å². The van der Waals surface area contributed by atoms with Gasteiger partial charge in [0.15, 0.2) is 23.3 Å². The van der Waals surface area contributed by atoms with Crippen molar-refractivity contribution in [3.63, 3.8) is 0 Å². The van der Waals surface area contributed by atoms with Crippen LogP contribution in [0.25, 0.3) is 17.7 Å². The van der Waals surface area contributed by atoms with Gasteiger partial charge < -0.3 is 0 Å². The zero-order valence-electron chi connectivity index (χ0n) is 11.2. The Kier molecular flexibility index (Phi) is 4.58. The lowest BCUT2D eigenvalue weighted by molar-refractivity contribution is 0.507. The van der Waals surface area contributed by atoms with E-state index in [0.717, 1.165) is 17.7 Å². The molecule has 4 heteroatoms. The lowest BCUT2D eigenvalue weighted by Crippen LogP contribution is -1.89. The largest absolute Gasteiger partial charge is 0.204 e. The monoisotopic (exact) mass is 292 g/mol. The molecule has 0 heterocycles. The molecular formula is C17H12F4. The van der Waals surface area contributed by atoms with Crippen LogP contribution in [0.2, 0.25) is 0 Å². The zero-order valence-corrected chi connectivity index (χ0v) is 11.2. The molecule has 0 saturated heterocycles. The molecule has 0 aliphatic heterocycles. The van der Waals surface area contributed by atoms with E-state index in [1.165, 1.54) is 12.1 Å². The van der Waals surface area contributed by atoms with E-state index in [9.17, 15) is 17.6 Å². The molecular weight excluding hydrogens is 280 g/mol. The van der Waals surface area contributed by atoms with E-state index in [0.29, 0.717) is 6.07 Å². The first kappa shape index (κ1) is 15.0. The van der Waals surface area contributed by atoms with E-state index in [1.807, 2.05) is 19.1 Å². The summed E-state index contributed by atoms with van der Waals surface area (Å²) in [5.74, 6) is -4.68. The van der Waals surface area contributed by atoms with Gasteiger partial charge in [-0.3, -0.25) is 0 Å². The van der Waals surface area contributed by atoms with Crippen LogP contribution in [0.3, 0.4) is 0 Å². The van der Waals surface area contributed by atoms with Crippen LogP contribution in [0.15, 0.2) is 48.5 Å². The molecule has 0 aliphatic rings. The van der Waals surface area contributed by atoms with Crippen LogP contribution in [0, 0.1) is 11.6 Å². The molecule has 0 fully saturated rings. The Morgan fingerprint density at radius 3 is 1.95 bits per heavy atom. The quantitative estimate of drug-likeness (QED) is 0.498. The molecule has 0 aromatic heterocycles. The summed E-state index contributed by atoms with van der Waals surface area (Å²) in [5, 5.41) is 0. The van der Waals surface area contributed by atoms with Crippen molar-refractivity contribution in [3.8, 4) is 0 Å². The van der Waals surface area contributed by atoms with Gasteiger partial charge in [-0.1, -0.05) is 36.4 Å². The third-order valence-corrected chi connectivity index (χ3v) is 2.89. The van der Waals surface area contributed by atoms with Crippen LogP contribution in [0.1, 0.15) is 23.6 Å². The van der Waals surface area contributed by atoms with E-state index < -0.39 is 23.3 Å². The Morgan fingerprint density at radius 2 is 1.38 bits per heavy atom. The number of hydrogen-bond donors (Lipinski definition) is 0. The average Bonchev–Trinajstić information content (AvgIpc) is 2.50. The van der Waals surface area contributed by atoms with Crippen LogP contribution < -0.4 is 0 Å². The number of halogens is 4. The van der Waals surface area contributed by atoms with Crippen molar-refractivity contribution in [2.45, 2.75) is 6.92 Å². The van der Waals surface area contributed by atoms with Crippen molar-refractivity contribution in [2.24, 2.45) is 0 Å². The number of hydrogen-bond acceptors (Lipinski definition) is 0. The summed E-state index contributed by atoms with van der Waals surface area (Å²) in [5.41, 5.74) is 0.539. The molecule has 0 atom stereocenters. The van der Waals surface area contributed by atoms with Crippen LogP contribution in [-0.2, 0) is 0 Å². The second kappa shape index (κ2) is 6.39. The van der Waals surface area contributed by atoms with Gasteiger partial charge >= 0.3 is 0 Å². The Morgan fingerprint density at radius 1 is 0.810 bits per heavy atom. The highest BCUT2D eigenvalue weighted by Gasteiger charge is 2.13. The maximum absolute atomic E-state index is 14.0. The van der Waals surface area contributed by atoms with Crippen LogP contribution in [0.5, 0.6) is 0 Å². The third kappa shape index (κ3) is 3.40. The Labute approximate surface area is 120 Å². The van der Waals surface area contributed by atoms with Gasteiger partial charge in [0.1, 0.15) is 0 Å². The fourth-order valence-corrected chi connectivity index (χ4v) is 1.82. The van der Waals surface area contributed by atoms with Crippen LogP contribution >= 0.6 is 0 Å². The normalized spacial score (nSPS) is 12.6. The van der Waals surface area contributed by atoms with Crippen molar-refractivity contribution in [2.75, 3.05) is 0 Å². The second-order valence-corrected chi connectivity index (χ2v) is 4.38. The van der Waals surface area contributed by atoms with E-state index >= 15 is 0 Å². The van der Waals surface area contributed by atoms with E-state index in [4.69, 9.17) is 0 Å². The molecule has 0 radical (unpaired) electrons. The lowest BCUT2D eigenvalue weighted by atomic mass is 10.1. The van der Waals surface area contributed by atoms with Crippen molar-refractivity contribution in [1.29, 1.82) is 0 Å². The van der Waals surface area contributed by atoms with Crippen LogP contribution in [-0.4, -0.2) is 0 Å². The minimum absolute atomic E-state index is 0.0329. The molecule has 2 rings (SSSR count). The fraction of sp³-hybridized carbons (Fsp3) is 0.0588.